The van der Waals surface area contributed by atoms with Crippen molar-refractivity contribution >= 4 is 23.4 Å². The molecule has 0 aliphatic heterocycles. The molecule has 0 bridgehead atoms. The van der Waals surface area contributed by atoms with Gasteiger partial charge in [-0.2, -0.15) is 11.8 Å². The summed E-state index contributed by atoms with van der Waals surface area (Å²) in [4.78, 5) is 11.7. The molecule has 1 unspecified atom stereocenters. The summed E-state index contributed by atoms with van der Waals surface area (Å²) in [7, 11) is 0. The van der Waals surface area contributed by atoms with Crippen molar-refractivity contribution in [2.75, 3.05) is 5.32 Å². The van der Waals surface area contributed by atoms with E-state index in [0.717, 1.165) is 16.7 Å². The Morgan fingerprint density at radius 3 is 2.86 bits per heavy atom. The van der Waals surface area contributed by atoms with Crippen molar-refractivity contribution < 1.29 is 4.79 Å². The van der Waals surface area contributed by atoms with Crippen molar-refractivity contribution in [2.24, 2.45) is 5.73 Å². The third-order valence-electron chi connectivity index (χ3n) is 3.76. The van der Waals surface area contributed by atoms with Crippen molar-refractivity contribution in [3.63, 3.8) is 0 Å². The van der Waals surface area contributed by atoms with Crippen molar-refractivity contribution in [1.82, 2.24) is 0 Å². The topological polar surface area (TPSA) is 55.1 Å². The first kappa shape index (κ1) is 16.4. The molecule has 1 aromatic rings. The average molecular weight is 306 g/mol. The second-order valence-electron chi connectivity index (χ2n) is 6.00. The number of hydrogen-bond acceptors (Lipinski definition) is 3. The van der Waals surface area contributed by atoms with Gasteiger partial charge in [-0.15, -0.1) is 0 Å². The first-order valence-electron chi connectivity index (χ1n) is 7.89. The number of anilines is 1. The molecule has 0 radical (unpaired) electrons. The third kappa shape index (κ3) is 6.10. The molecule has 21 heavy (non-hydrogen) atoms. The minimum atomic E-state index is -0.102. The molecule has 1 saturated carbocycles. The summed E-state index contributed by atoms with van der Waals surface area (Å²) >= 11 is 2.06. The highest BCUT2D eigenvalue weighted by Gasteiger charge is 2.13. The molecule has 1 fully saturated rings. The van der Waals surface area contributed by atoms with E-state index in [0.29, 0.717) is 6.42 Å². The van der Waals surface area contributed by atoms with Crippen LogP contribution in [0.5, 0.6) is 0 Å². The number of benzene rings is 1. The van der Waals surface area contributed by atoms with E-state index in [-0.39, 0.29) is 11.9 Å². The Balaban J connectivity index is 1.83. The van der Waals surface area contributed by atoms with Crippen LogP contribution in [0.3, 0.4) is 0 Å². The van der Waals surface area contributed by atoms with E-state index in [4.69, 9.17) is 5.73 Å². The number of carbonyl (C=O) groups is 1. The monoisotopic (exact) mass is 306 g/mol. The smallest absolute Gasteiger partial charge is 0.225 e. The van der Waals surface area contributed by atoms with E-state index >= 15 is 0 Å². The van der Waals surface area contributed by atoms with Gasteiger partial charge < -0.3 is 11.1 Å². The van der Waals surface area contributed by atoms with Gasteiger partial charge in [0.25, 0.3) is 0 Å². The van der Waals surface area contributed by atoms with Crippen molar-refractivity contribution in [2.45, 2.75) is 62.5 Å². The molecule has 0 saturated heterocycles. The number of thioether (sulfide) groups is 1. The van der Waals surface area contributed by atoms with Crippen LogP contribution in [0.15, 0.2) is 24.3 Å². The Kier molecular flexibility index (Phi) is 6.58. The second-order valence-corrected chi connectivity index (χ2v) is 7.29. The maximum absolute atomic E-state index is 11.7. The van der Waals surface area contributed by atoms with Gasteiger partial charge in [-0.3, -0.25) is 4.79 Å². The molecule has 3 nitrogen and oxygen atoms in total. The van der Waals surface area contributed by atoms with Crippen LogP contribution in [-0.4, -0.2) is 17.2 Å². The molecule has 0 aromatic heterocycles. The van der Waals surface area contributed by atoms with Crippen molar-refractivity contribution in [1.29, 1.82) is 0 Å². The van der Waals surface area contributed by atoms with E-state index in [1.807, 2.05) is 19.1 Å². The van der Waals surface area contributed by atoms with Crippen LogP contribution in [-0.2, 0) is 10.5 Å². The third-order valence-corrected chi connectivity index (χ3v) is 5.20. The average Bonchev–Trinajstić information content (AvgIpc) is 2.46. The molecule has 1 atom stereocenters. The van der Waals surface area contributed by atoms with Crippen LogP contribution in [0.25, 0.3) is 0 Å². The van der Waals surface area contributed by atoms with E-state index in [1.165, 1.54) is 37.7 Å². The van der Waals surface area contributed by atoms with Gasteiger partial charge >= 0.3 is 0 Å². The summed E-state index contributed by atoms with van der Waals surface area (Å²) < 4.78 is 0. The summed E-state index contributed by atoms with van der Waals surface area (Å²) in [6.45, 7) is 1.84. The summed E-state index contributed by atoms with van der Waals surface area (Å²) in [6, 6.07) is 8.06. The van der Waals surface area contributed by atoms with Crippen LogP contribution < -0.4 is 11.1 Å². The van der Waals surface area contributed by atoms with E-state index in [1.54, 1.807) is 0 Å². The highest BCUT2D eigenvalue weighted by molar-refractivity contribution is 7.99. The largest absolute Gasteiger partial charge is 0.327 e. The number of rotatable bonds is 6. The minimum absolute atomic E-state index is 0.0120. The lowest BCUT2D eigenvalue weighted by atomic mass is 10.0. The zero-order chi connectivity index (χ0) is 15.1. The molecule has 4 heteroatoms. The molecule has 116 valence electrons. The van der Waals surface area contributed by atoms with Crippen LogP contribution in [0, 0.1) is 0 Å². The predicted octanol–water partition coefficient (Wildman–Crippen LogP) is 3.93. The number of nitrogens with two attached hydrogens (primary N) is 1. The molecule has 2 rings (SSSR count). The standard InChI is InChI=1S/C17H26N2OS/c1-13(18)10-17(20)19-15-7-5-6-14(11-15)12-21-16-8-3-2-4-9-16/h5-7,11,13,16H,2-4,8-10,12,18H2,1H3,(H,19,20). The van der Waals surface area contributed by atoms with Crippen molar-refractivity contribution in [3.8, 4) is 0 Å². The number of hydrogen-bond donors (Lipinski definition) is 2. The Labute approximate surface area is 132 Å². The van der Waals surface area contributed by atoms with Gasteiger partial charge in [0.1, 0.15) is 0 Å². The van der Waals surface area contributed by atoms with Crippen LogP contribution in [0.2, 0.25) is 0 Å². The Morgan fingerprint density at radius 2 is 2.14 bits per heavy atom. The maximum atomic E-state index is 11.7. The Hall–Kier alpha value is -1.00. The second kappa shape index (κ2) is 8.44. The Morgan fingerprint density at radius 1 is 1.38 bits per heavy atom. The van der Waals surface area contributed by atoms with Gasteiger partial charge in [-0.05, 0) is 37.5 Å². The van der Waals surface area contributed by atoms with E-state index in [9.17, 15) is 4.79 Å². The molecule has 1 amide bonds. The fraction of sp³-hybridized carbons (Fsp3) is 0.588. The SMILES string of the molecule is CC(N)CC(=O)Nc1cccc(CSC2CCCCC2)c1. The minimum Gasteiger partial charge on any atom is -0.327 e. The highest BCUT2D eigenvalue weighted by Crippen LogP contribution is 2.30. The summed E-state index contributed by atoms with van der Waals surface area (Å²) in [5.74, 6) is 1.02. The number of carbonyl (C=O) groups excluding carboxylic acids is 1. The molecule has 3 N–H and O–H groups in total. The lowest BCUT2D eigenvalue weighted by molar-refractivity contribution is -0.116. The molecule has 1 aromatic carbocycles. The van der Waals surface area contributed by atoms with E-state index in [2.05, 4.69) is 29.2 Å². The lowest BCUT2D eigenvalue weighted by Crippen LogP contribution is -2.23. The number of nitrogens with one attached hydrogen (secondary N) is 1. The fourth-order valence-corrected chi connectivity index (χ4v) is 3.96. The van der Waals surface area contributed by atoms with Gasteiger partial charge in [0.05, 0.1) is 0 Å². The van der Waals surface area contributed by atoms with Crippen LogP contribution in [0.4, 0.5) is 5.69 Å². The maximum Gasteiger partial charge on any atom is 0.225 e. The summed E-state index contributed by atoms with van der Waals surface area (Å²) in [5, 5.41) is 3.74. The molecular weight excluding hydrogens is 280 g/mol. The Bertz CT molecular complexity index is 456. The molecular formula is C17H26N2OS. The van der Waals surface area contributed by atoms with Gasteiger partial charge in [-0.25, -0.2) is 0 Å². The fourth-order valence-electron chi connectivity index (χ4n) is 2.69. The van der Waals surface area contributed by atoms with Gasteiger partial charge in [0.15, 0.2) is 0 Å². The van der Waals surface area contributed by atoms with Crippen LogP contribution >= 0.6 is 11.8 Å². The quantitative estimate of drug-likeness (QED) is 0.837. The highest BCUT2D eigenvalue weighted by atomic mass is 32.2. The molecule has 0 spiro atoms. The van der Waals surface area contributed by atoms with Crippen LogP contribution in [0.1, 0.15) is 51.0 Å². The summed E-state index contributed by atoms with van der Waals surface area (Å²) in [6.07, 6.45) is 7.24. The van der Waals surface area contributed by atoms with Gasteiger partial charge in [-0.1, -0.05) is 31.4 Å². The zero-order valence-corrected chi connectivity index (χ0v) is 13.6. The zero-order valence-electron chi connectivity index (χ0n) is 12.8. The normalized spacial score (nSPS) is 17.4. The number of amides is 1. The molecule has 1 aliphatic rings. The first-order chi connectivity index (χ1) is 10.1. The first-order valence-corrected chi connectivity index (χ1v) is 8.94. The predicted molar refractivity (Wildman–Crippen MR) is 91.5 cm³/mol. The van der Waals surface area contributed by atoms with E-state index < -0.39 is 0 Å². The lowest BCUT2D eigenvalue weighted by Gasteiger charge is -2.21. The van der Waals surface area contributed by atoms with Crippen molar-refractivity contribution in [3.05, 3.63) is 29.8 Å². The van der Waals surface area contributed by atoms with Gasteiger partial charge in [0.2, 0.25) is 5.91 Å². The van der Waals surface area contributed by atoms with Gasteiger partial charge in [0, 0.05) is 29.2 Å². The summed E-state index contributed by atoms with van der Waals surface area (Å²) in [5.41, 5.74) is 7.80. The molecule has 1 aliphatic carbocycles. The molecule has 0 heterocycles.